The normalized spacial score (nSPS) is 9.89. The van der Waals surface area contributed by atoms with E-state index >= 15 is 0 Å². The lowest BCUT2D eigenvalue weighted by Gasteiger charge is -2.08. The molecule has 0 radical (unpaired) electrons. The van der Waals surface area contributed by atoms with Gasteiger partial charge < -0.3 is 19.5 Å². The van der Waals surface area contributed by atoms with Crippen LogP contribution in [0.5, 0.6) is 11.5 Å². The van der Waals surface area contributed by atoms with Crippen molar-refractivity contribution in [3.05, 3.63) is 72.3 Å². The quantitative estimate of drug-likeness (QED) is 0.310. The van der Waals surface area contributed by atoms with Crippen molar-refractivity contribution in [3.63, 3.8) is 0 Å². The minimum atomic E-state index is -0.535. The van der Waals surface area contributed by atoms with Crippen molar-refractivity contribution in [1.29, 1.82) is 0 Å². The average molecular weight is 383 g/mol. The molecule has 0 bridgehead atoms. The summed E-state index contributed by atoms with van der Waals surface area (Å²) in [5.41, 5.74) is 0.802. The van der Waals surface area contributed by atoms with Crippen LogP contribution >= 0.6 is 0 Å². The van der Waals surface area contributed by atoms with Crippen molar-refractivity contribution >= 4 is 17.8 Å². The maximum Gasteiger partial charge on any atom is 0.343 e. The Balaban J connectivity index is 1.86. The summed E-state index contributed by atoms with van der Waals surface area (Å²) in [6.45, 7) is 5.95. The molecule has 2 aromatic carbocycles. The number of hydrogen-bond acceptors (Lipinski definition) is 6. The van der Waals surface area contributed by atoms with Gasteiger partial charge in [-0.25, -0.2) is 9.59 Å². The minimum Gasteiger partial charge on any atom is -0.490 e. The molecule has 7 heteroatoms. The molecule has 1 N–H and O–H groups in total. The molecule has 2 aromatic rings. The molecule has 28 heavy (non-hydrogen) atoms. The van der Waals surface area contributed by atoms with Gasteiger partial charge in [-0.15, -0.1) is 0 Å². The Morgan fingerprint density at radius 3 is 2.14 bits per heavy atom. The molecular formula is C21H21NO6. The van der Waals surface area contributed by atoms with Gasteiger partial charge in [-0.05, 0) is 55.5 Å². The van der Waals surface area contributed by atoms with Gasteiger partial charge in [0.05, 0.1) is 5.56 Å². The summed E-state index contributed by atoms with van der Waals surface area (Å²) in [5.74, 6) is -0.349. The molecule has 1 amide bonds. The van der Waals surface area contributed by atoms with E-state index in [-0.39, 0.29) is 19.1 Å². The summed E-state index contributed by atoms with van der Waals surface area (Å²) in [6.07, 6.45) is 1.08. The molecule has 0 aliphatic rings. The lowest BCUT2D eigenvalue weighted by atomic mass is 10.1. The van der Waals surface area contributed by atoms with E-state index in [0.717, 1.165) is 6.08 Å². The van der Waals surface area contributed by atoms with Gasteiger partial charge in [0, 0.05) is 18.2 Å². The highest BCUT2D eigenvalue weighted by atomic mass is 16.6. The first kappa shape index (κ1) is 20.7. The van der Waals surface area contributed by atoms with Crippen LogP contribution in [-0.2, 0) is 9.53 Å². The topological polar surface area (TPSA) is 90.9 Å². The third kappa shape index (κ3) is 6.28. The molecule has 0 aromatic heterocycles. The third-order valence-corrected chi connectivity index (χ3v) is 3.52. The summed E-state index contributed by atoms with van der Waals surface area (Å²) < 4.78 is 15.5. The number of carbonyl (C=O) groups excluding carboxylic acids is 3. The van der Waals surface area contributed by atoms with Crippen molar-refractivity contribution in [2.75, 3.05) is 19.8 Å². The molecule has 0 saturated carbocycles. The minimum absolute atomic E-state index is 0.105. The molecule has 7 nitrogen and oxygen atoms in total. The lowest BCUT2D eigenvalue weighted by molar-refractivity contribution is -0.138. The smallest absolute Gasteiger partial charge is 0.343 e. The number of ether oxygens (including phenoxy) is 3. The fourth-order valence-electron chi connectivity index (χ4n) is 2.15. The standard InChI is InChI=1S/C21H21NO6/c1-3-19(23)27-14-13-26-17-9-11-18(12-10-17)28-21(25)16-7-5-15(6-8-16)20(24)22-4-2/h3,5-12H,1,4,13-14H2,2H3,(H,22,24). The number of amides is 1. The second-order valence-corrected chi connectivity index (χ2v) is 5.52. The van der Waals surface area contributed by atoms with Crippen LogP contribution in [0.4, 0.5) is 0 Å². The zero-order chi connectivity index (χ0) is 20.4. The SMILES string of the molecule is C=CC(=O)OCCOc1ccc(OC(=O)c2ccc(C(=O)NCC)cc2)cc1. The number of rotatable bonds is 9. The van der Waals surface area contributed by atoms with E-state index in [1.807, 2.05) is 6.92 Å². The molecule has 0 atom stereocenters. The van der Waals surface area contributed by atoms with Crippen LogP contribution in [0.2, 0.25) is 0 Å². The number of carbonyl (C=O) groups is 3. The van der Waals surface area contributed by atoms with Gasteiger partial charge in [0.1, 0.15) is 24.7 Å². The van der Waals surface area contributed by atoms with E-state index in [9.17, 15) is 14.4 Å². The van der Waals surface area contributed by atoms with Crippen LogP contribution in [-0.4, -0.2) is 37.6 Å². The average Bonchev–Trinajstić information content (AvgIpc) is 2.72. The molecule has 2 rings (SSSR count). The summed E-state index contributed by atoms with van der Waals surface area (Å²) >= 11 is 0. The van der Waals surface area contributed by atoms with E-state index in [2.05, 4.69) is 11.9 Å². The molecule has 0 fully saturated rings. The number of esters is 2. The molecule has 0 saturated heterocycles. The van der Waals surface area contributed by atoms with Crippen molar-refractivity contribution < 1.29 is 28.6 Å². The molecular weight excluding hydrogens is 362 g/mol. The zero-order valence-corrected chi connectivity index (χ0v) is 15.5. The van der Waals surface area contributed by atoms with Crippen LogP contribution in [0.25, 0.3) is 0 Å². The molecule has 0 aliphatic carbocycles. The summed E-state index contributed by atoms with van der Waals surface area (Å²) in [4.78, 5) is 34.8. The fraction of sp³-hybridized carbons (Fsp3) is 0.190. The molecule has 0 spiro atoms. The summed E-state index contributed by atoms with van der Waals surface area (Å²) in [6, 6.07) is 12.7. The first-order valence-electron chi connectivity index (χ1n) is 8.66. The third-order valence-electron chi connectivity index (χ3n) is 3.52. The maximum absolute atomic E-state index is 12.2. The van der Waals surface area contributed by atoms with Crippen LogP contribution in [0.3, 0.4) is 0 Å². The number of hydrogen-bond donors (Lipinski definition) is 1. The first-order valence-corrected chi connectivity index (χ1v) is 8.66. The van der Waals surface area contributed by atoms with Gasteiger partial charge in [0.15, 0.2) is 0 Å². The van der Waals surface area contributed by atoms with Crippen molar-refractivity contribution in [2.24, 2.45) is 0 Å². The Hall–Kier alpha value is -3.61. The highest BCUT2D eigenvalue weighted by Crippen LogP contribution is 2.19. The van der Waals surface area contributed by atoms with Crippen LogP contribution < -0.4 is 14.8 Å². The number of benzene rings is 2. The molecule has 0 unspecified atom stereocenters. The zero-order valence-electron chi connectivity index (χ0n) is 15.5. The van der Waals surface area contributed by atoms with Crippen LogP contribution in [0, 0.1) is 0 Å². The highest BCUT2D eigenvalue weighted by Gasteiger charge is 2.11. The van der Waals surface area contributed by atoms with E-state index in [4.69, 9.17) is 14.2 Å². The number of nitrogens with one attached hydrogen (secondary N) is 1. The van der Waals surface area contributed by atoms with E-state index in [1.165, 1.54) is 12.1 Å². The van der Waals surface area contributed by atoms with Gasteiger partial charge in [-0.2, -0.15) is 0 Å². The molecule has 0 heterocycles. The van der Waals surface area contributed by atoms with Crippen LogP contribution in [0.1, 0.15) is 27.6 Å². The monoisotopic (exact) mass is 383 g/mol. The summed E-state index contributed by atoms with van der Waals surface area (Å²) in [5, 5.41) is 2.69. The van der Waals surface area contributed by atoms with Gasteiger partial charge in [-0.3, -0.25) is 4.79 Å². The second-order valence-electron chi connectivity index (χ2n) is 5.52. The van der Waals surface area contributed by atoms with E-state index < -0.39 is 11.9 Å². The predicted molar refractivity (Wildman–Crippen MR) is 103 cm³/mol. The first-order chi connectivity index (χ1) is 13.5. The molecule has 0 aliphatic heterocycles. The van der Waals surface area contributed by atoms with Gasteiger partial charge >= 0.3 is 11.9 Å². The Labute approximate surface area is 162 Å². The van der Waals surface area contributed by atoms with E-state index in [0.29, 0.717) is 29.2 Å². The predicted octanol–water partition coefficient (Wildman–Crippen LogP) is 2.76. The van der Waals surface area contributed by atoms with Crippen molar-refractivity contribution in [3.8, 4) is 11.5 Å². The Morgan fingerprint density at radius 1 is 0.929 bits per heavy atom. The van der Waals surface area contributed by atoms with Gasteiger partial charge in [0.2, 0.25) is 0 Å². The Kier molecular flexibility index (Phi) is 7.77. The van der Waals surface area contributed by atoms with Crippen LogP contribution in [0.15, 0.2) is 61.2 Å². The lowest BCUT2D eigenvalue weighted by Crippen LogP contribution is -2.22. The van der Waals surface area contributed by atoms with Gasteiger partial charge in [0.25, 0.3) is 5.91 Å². The summed E-state index contributed by atoms with van der Waals surface area (Å²) in [7, 11) is 0. The maximum atomic E-state index is 12.2. The van der Waals surface area contributed by atoms with E-state index in [1.54, 1.807) is 36.4 Å². The second kappa shape index (κ2) is 10.5. The highest BCUT2D eigenvalue weighted by molar-refractivity contribution is 5.96. The Morgan fingerprint density at radius 2 is 1.54 bits per heavy atom. The van der Waals surface area contributed by atoms with Gasteiger partial charge in [-0.1, -0.05) is 6.58 Å². The fourth-order valence-corrected chi connectivity index (χ4v) is 2.15. The Bertz CT molecular complexity index is 827. The van der Waals surface area contributed by atoms with Crippen molar-refractivity contribution in [1.82, 2.24) is 5.32 Å². The van der Waals surface area contributed by atoms with Crippen molar-refractivity contribution in [2.45, 2.75) is 6.92 Å². The largest absolute Gasteiger partial charge is 0.490 e. The molecule has 146 valence electrons.